The molecule has 21 heavy (non-hydrogen) atoms. The lowest BCUT2D eigenvalue weighted by molar-refractivity contribution is -0.131. The number of hydrogen-bond donors (Lipinski definition) is 1. The Morgan fingerprint density at radius 1 is 1.43 bits per heavy atom. The number of carbonyl (C=O) groups is 1. The maximum Gasteiger partial charge on any atom is 0.328 e. The summed E-state index contributed by atoms with van der Waals surface area (Å²) in [7, 11) is 0. The van der Waals surface area contributed by atoms with E-state index in [1.807, 2.05) is 0 Å². The van der Waals surface area contributed by atoms with E-state index in [0.29, 0.717) is 12.5 Å². The third-order valence-corrected chi connectivity index (χ3v) is 3.96. The molecular formula is C17H21FO3. The van der Waals surface area contributed by atoms with E-state index < -0.39 is 11.8 Å². The Hall–Kier alpha value is -1.68. The molecule has 3 nitrogen and oxygen atoms in total. The van der Waals surface area contributed by atoms with Crippen LogP contribution in [0.25, 0.3) is 6.08 Å². The second kappa shape index (κ2) is 7.36. The molecule has 114 valence electrons. The highest BCUT2D eigenvalue weighted by Gasteiger charge is 2.21. The molecule has 1 N–H and O–H groups in total. The van der Waals surface area contributed by atoms with E-state index in [0.717, 1.165) is 18.1 Å². The molecule has 0 amide bonds. The Bertz CT molecular complexity index is 525. The number of benzene rings is 1. The van der Waals surface area contributed by atoms with Crippen molar-refractivity contribution in [2.45, 2.75) is 45.3 Å². The van der Waals surface area contributed by atoms with Gasteiger partial charge in [0.1, 0.15) is 5.82 Å². The fourth-order valence-corrected chi connectivity index (χ4v) is 2.70. The van der Waals surface area contributed by atoms with Crippen LogP contribution in [0.15, 0.2) is 24.3 Å². The minimum Gasteiger partial charge on any atom is -0.478 e. The van der Waals surface area contributed by atoms with E-state index in [-0.39, 0.29) is 11.7 Å². The van der Waals surface area contributed by atoms with Crippen molar-refractivity contribution in [3.8, 4) is 0 Å². The molecule has 4 heteroatoms. The molecule has 0 radical (unpaired) electrons. The summed E-state index contributed by atoms with van der Waals surface area (Å²) in [5.41, 5.74) is 1.13. The van der Waals surface area contributed by atoms with Crippen molar-refractivity contribution in [2.24, 2.45) is 5.92 Å². The van der Waals surface area contributed by atoms with E-state index in [2.05, 4.69) is 6.92 Å². The minimum absolute atomic E-state index is 0.266. The SMILES string of the molecule is CC1CCCCC1OCc1ccc(F)c(C=CC(=O)O)c1. The fraction of sp³-hybridized carbons (Fsp3) is 0.471. The van der Waals surface area contributed by atoms with Crippen LogP contribution < -0.4 is 0 Å². The number of ether oxygens (including phenoxy) is 1. The lowest BCUT2D eigenvalue weighted by atomic mass is 9.88. The number of carboxylic acid groups (broad SMARTS) is 1. The summed E-state index contributed by atoms with van der Waals surface area (Å²) in [6, 6.07) is 4.67. The normalized spacial score (nSPS) is 22.6. The summed E-state index contributed by atoms with van der Waals surface area (Å²) >= 11 is 0. The number of carboxylic acids is 1. The van der Waals surface area contributed by atoms with E-state index in [1.54, 1.807) is 12.1 Å². The van der Waals surface area contributed by atoms with Gasteiger partial charge in [0.05, 0.1) is 12.7 Å². The summed E-state index contributed by atoms with van der Waals surface area (Å²) in [5.74, 6) is -0.958. The predicted molar refractivity (Wildman–Crippen MR) is 79.3 cm³/mol. The Kier molecular flexibility index (Phi) is 5.51. The molecule has 1 aliphatic rings. The van der Waals surface area contributed by atoms with E-state index in [4.69, 9.17) is 9.84 Å². The summed E-state index contributed by atoms with van der Waals surface area (Å²) in [5, 5.41) is 8.60. The van der Waals surface area contributed by atoms with Crippen LogP contribution >= 0.6 is 0 Å². The van der Waals surface area contributed by atoms with Gasteiger partial charge in [-0.05, 0) is 42.5 Å². The van der Waals surface area contributed by atoms with Crippen molar-refractivity contribution in [1.29, 1.82) is 0 Å². The van der Waals surface area contributed by atoms with Gasteiger partial charge in [-0.3, -0.25) is 0 Å². The smallest absolute Gasteiger partial charge is 0.328 e. The quantitative estimate of drug-likeness (QED) is 0.834. The predicted octanol–water partition coefficient (Wildman–Crippen LogP) is 4.02. The highest BCUT2D eigenvalue weighted by atomic mass is 19.1. The van der Waals surface area contributed by atoms with Gasteiger partial charge in [0.15, 0.2) is 0 Å². The molecule has 0 heterocycles. The minimum atomic E-state index is -1.09. The molecule has 1 aliphatic carbocycles. The van der Waals surface area contributed by atoms with Crippen molar-refractivity contribution in [1.82, 2.24) is 0 Å². The van der Waals surface area contributed by atoms with Crippen molar-refractivity contribution in [3.63, 3.8) is 0 Å². The first-order chi connectivity index (χ1) is 10.1. The molecule has 2 unspecified atom stereocenters. The lowest BCUT2D eigenvalue weighted by Crippen LogP contribution is -2.25. The lowest BCUT2D eigenvalue weighted by Gasteiger charge is -2.28. The van der Waals surface area contributed by atoms with Crippen LogP contribution in [0.4, 0.5) is 4.39 Å². The van der Waals surface area contributed by atoms with E-state index >= 15 is 0 Å². The average molecular weight is 292 g/mol. The molecule has 1 fully saturated rings. The maximum atomic E-state index is 13.6. The standard InChI is InChI=1S/C17H21FO3/c1-12-4-2-3-5-16(12)21-11-13-6-8-15(18)14(10-13)7-9-17(19)20/h6-10,12,16H,2-5,11H2,1H3,(H,19,20). The van der Waals surface area contributed by atoms with Gasteiger partial charge in [0, 0.05) is 11.6 Å². The number of aliphatic carboxylic acids is 1. The molecular weight excluding hydrogens is 271 g/mol. The third kappa shape index (κ3) is 4.67. The van der Waals surface area contributed by atoms with Crippen molar-refractivity contribution >= 4 is 12.0 Å². The number of hydrogen-bond acceptors (Lipinski definition) is 2. The van der Waals surface area contributed by atoms with Gasteiger partial charge >= 0.3 is 5.97 Å². The first kappa shape index (κ1) is 15.7. The molecule has 0 saturated heterocycles. The molecule has 1 aromatic carbocycles. The summed E-state index contributed by atoms with van der Waals surface area (Å²) in [6.07, 6.45) is 7.21. The zero-order valence-corrected chi connectivity index (χ0v) is 12.2. The molecule has 0 bridgehead atoms. The van der Waals surface area contributed by atoms with Gasteiger partial charge in [-0.2, -0.15) is 0 Å². The van der Waals surface area contributed by atoms with Gasteiger partial charge in [0.25, 0.3) is 0 Å². The number of halogens is 1. The summed E-state index contributed by atoms with van der Waals surface area (Å²) in [6.45, 7) is 2.64. The van der Waals surface area contributed by atoms with Gasteiger partial charge in [-0.15, -0.1) is 0 Å². The van der Waals surface area contributed by atoms with Crippen molar-refractivity contribution < 1.29 is 19.0 Å². The summed E-state index contributed by atoms with van der Waals surface area (Å²) in [4.78, 5) is 10.5. The molecule has 0 aromatic heterocycles. The Balaban J connectivity index is 2.00. The van der Waals surface area contributed by atoms with Crippen LogP contribution in [0.2, 0.25) is 0 Å². The third-order valence-electron chi connectivity index (χ3n) is 3.96. The molecule has 2 atom stereocenters. The van der Waals surface area contributed by atoms with Crippen LogP contribution in [0.3, 0.4) is 0 Å². The van der Waals surface area contributed by atoms with Gasteiger partial charge in [-0.25, -0.2) is 9.18 Å². The van der Waals surface area contributed by atoms with Crippen molar-refractivity contribution in [2.75, 3.05) is 0 Å². The molecule has 1 saturated carbocycles. The second-order valence-electron chi connectivity index (χ2n) is 5.64. The van der Waals surface area contributed by atoms with Crippen LogP contribution in [0.1, 0.15) is 43.7 Å². The maximum absolute atomic E-state index is 13.6. The fourth-order valence-electron chi connectivity index (χ4n) is 2.70. The first-order valence-electron chi connectivity index (χ1n) is 7.37. The Labute approximate surface area is 124 Å². The van der Waals surface area contributed by atoms with E-state index in [9.17, 15) is 9.18 Å². The van der Waals surface area contributed by atoms with E-state index in [1.165, 1.54) is 31.4 Å². The van der Waals surface area contributed by atoms with Gasteiger partial charge in [-0.1, -0.05) is 25.8 Å². The van der Waals surface area contributed by atoms with Crippen LogP contribution in [0, 0.1) is 11.7 Å². The zero-order chi connectivity index (χ0) is 15.2. The van der Waals surface area contributed by atoms with Crippen LogP contribution in [-0.4, -0.2) is 17.2 Å². The highest BCUT2D eigenvalue weighted by molar-refractivity contribution is 5.85. The molecule has 0 aliphatic heterocycles. The van der Waals surface area contributed by atoms with Crippen LogP contribution in [0.5, 0.6) is 0 Å². The van der Waals surface area contributed by atoms with Crippen molar-refractivity contribution in [3.05, 3.63) is 41.2 Å². The number of rotatable bonds is 5. The summed E-state index contributed by atoms with van der Waals surface area (Å²) < 4.78 is 19.5. The highest BCUT2D eigenvalue weighted by Crippen LogP contribution is 2.27. The Morgan fingerprint density at radius 3 is 2.90 bits per heavy atom. The molecule has 2 rings (SSSR count). The monoisotopic (exact) mass is 292 g/mol. The topological polar surface area (TPSA) is 46.5 Å². The van der Waals surface area contributed by atoms with Gasteiger partial charge < -0.3 is 9.84 Å². The zero-order valence-electron chi connectivity index (χ0n) is 12.2. The second-order valence-corrected chi connectivity index (χ2v) is 5.64. The Morgan fingerprint density at radius 2 is 2.19 bits per heavy atom. The molecule has 1 aromatic rings. The molecule has 0 spiro atoms. The average Bonchev–Trinajstić information content (AvgIpc) is 2.46. The largest absolute Gasteiger partial charge is 0.478 e. The van der Waals surface area contributed by atoms with Gasteiger partial charge in [0.2, 0.25) is 0 Å². The first-order valence-corrected chi connectivity index (χ1v) is 7.37. The van der Waals surface area contributed by atoms with Crippen LogP contribution in [-0.2, 0) is 16.1 Å².